The highest BCUT2D eigenvalue weighted by Crippen LogP contribution is 2.32. The summed E-state index contributed by atoms with van der Waals surface area (Å²) in [5.41, 5.74) is 0.712. The van der Waals surface area contributed by atoms with Crippen molar-refractivity contribution in [3.05, 3.63) is 57.9 Å². The monoisotopic (exact) mass is 524 g/mol. The highest BCUT2D eigenvalue weighted by atomic mass is 35.5. The maximum Gasteiger partial charge on any atom is 0.416 e. The topological polar surface area (TPSA) is 58.0 Å². The van der Waals surface area contributed by atoms with Crippen molar-refractivity contribution in [3.8, 4) is 0 Å². The van der Waals surface area contributed by atoms with Gasteiger partial charge in [-0.25, -0.2) is 4.79 Å². The summed E-state index contributed by atoms with van der Waals surface area (Å²) >= 11 is 5.82. The Balaban J connectivity index is 1.23. The van der Waals surface area contributed by atoms with Crippen molar-refractivity contribution in [2.45, 2.75) is 57.2 Å². The summed E-state index contributed by atoms with van der Waals surface area (Å²) in [5, 5.41) is -0.0750. The van der Waals surface area contributed by atoms with Gasteiger partial charge in [-0.15, -0.1) is 0 Å². The van der Waals surface area contributed by atoms with Crippen LogP contribution in [0.3, 0.4) is 0 Å². The molecule has 194 valence electrons. The van der Waals surface area contributed by atoms with Gasteiger partial charge in [0.25, 0.3) is 5.91 Å². The number of likely N-dealkylation sites (tertiary alicyclic amines) is 1. The third-order valence-electron chi connectivity index (χ3n) is 7.45. The molecule has 1 aromatic heterocycles. The summed E-state index contributed by atoms with van der Waals surface area (Å²) in [6, 6.07) is 5.76. The minimum atomic E-state index is -4.54. The van der Waals surface area contributed by atoms with Gasteiger partial charge in [-0.05, 0) is 56.1 Å². The number of aryl methyl sites for hydroxylation is 1. The molecule has 2 amide bonds. The van der Waals surface area contributed by atoms with Crippen LogP contribution in [0.15, 0.2) is 30.5 Å². The number of halogens is 4. The zero-order chi connectivity index (χ0) is 25.6. The molecule has 0 aliphatic carbocycles. The largest absolute Gasteiger partial charge is 0.445 e. The van der Waals surface area contributed by atoms with Crippen molar-refractivity contribution >= 4 is 23.6 Å². The Hall–Kier alpha value is -2.72. The second kappa shape index (κ2) is 9.63. The normalized spacial score (nSPS) is 22.4. The molecule has 7 nitrogen and oxygen atoms in total. The molecule has 2 unspecified atom stereocenters. The first-order valence-electron chi connectivity index (χ1n) is 12.1. The Kier molecular flexibility index (Phi) is 6.67. The SMILES string of the molecule is CN1C2CCC1CN(C(=O)c1cc3n(c1)CCCN(C(=O)OCc1cc(Cl)cc(C(F)(F)F)c1)C3)C2. The molecule has 2 atom stereocenters. The Morgan fingerprint density at radius 1 is 1.06 bits per heavy atom. The third kappa shape index (κ3) is 5.06. The lowest BCUT2D eigenvalue weighted by molar-refractivity contribution is -0.137. The van der Waals surface area contributed by atoms with Gasteiger partial charge in [0.15, 0.2) is 0 Å². The summed E-state index contributed by atoms with van der Waals surface area (Å²) in [5.74, 6) is 0.0103. The van der Waals surface area contributed by atoms with Crippen LogP contribution in [-0.4, -0.2) is 70.0 Å². The third-order valence-corrected chi connectivity index (χ3v) is 7.67. The smallest absolute Gasteiger partial charge is 0.416 e. The molecule has 3 aliphatic heterocycles. The lowest BCUT2D eigenvalue weighted by Crippen LogP contribution is -2.53. The number of ether oxygens (including phenoxy) is 1. The molecule has 36 heavy (non-hydrogen) atoms. The number of aromatic nitrogens is 1. The number of carbonyl (C=O) groups is 2. The highest BCUT2D eigenvalue weighted by molar-refractivity contribution is 6.30. The molecule has 0 spiro atoms. The Morgan fingerprint density at radius 2 is 1.78 bits per heavy atom. The molecular weight excluding hydrogens is 497 g/mol. The lowest BCUT2D eigenvalue weighted by Gasteiger charge is -2.38. The lowest BCUT2D eigenvalue weighted by atomic mass is 10.1. The van der Waals surface area contributed by atoms with Crippen LogP contribution in [0.5, 0.6) is 0 Å². The van der Waals surface area contributed by atoms with Gasteiger partial charge in [-0.2, -0.15) is 13.2 Å². The number of benzene rings is 1. The first-order valence-corrected chi connectivity index (χ1v) is 12.4. The van der Waals surface area contributed by atoms with Crippen molar-refractivity contribution in [3.63, 3.8) is 0 Å². The number of amides is 2. The van der Waals surface area contributed by atoms with Crippen molar-refractivity contribution in [1.29, 1.82) is 0 Å². The predicted molar refractivity (Wildman–Crippen MR) is 127 cm³/mol. The molecule has 5 rings (SSSR count). The van der Waals surface area contributed by atoms with Gasteiger partial charge in [0.1, 0.15) is 6.61 Å². The molecule has 3 aliphatic rings. The molecule has 2 bridgehead atoms. The van der Waals surface area contributed by atoms with E-state index in [0.29, 0.717) is 37.2 Å². The fourth-order valence-corrected chi connectivity index (χ4v) is 5.73. The van der Waals surface area contributed by atoms with Gasteiger partial charge in [0.05, 0.1) is 17.7 Å². The number of hydrogen-bond donors (Lipinski definition) is 0. The molecule has 0 N–H and O–H groups in total. The van der Waals surface area contributed by atoms with E-state index < -0.39 is 17.8 Å². The molecular formula is C25H28ClF3N4O3. The standard InChI is InChI=1S/C25H28ClF3N4O3/c1-30-20-3-4-21(30)13-33(12-20)23(34)17-9-22-14-32(6-2-5-31(22)11-17)24(35)36-15-16-7-18(25(27,28)29)10-19(26)8-16/h7-11,20-21H,2-6,12-15H2,1H3. The van der Waals surface area contributed by atoms with Gasteiger partial charge >= 0.3 is 12.3 Å². The van der Waals surface area contributed by atoms with Crippen LogP contribution < -0.4 is 0 Å². The average molecular weight is 525 g/mol. The number of hydrogen-bond acceptors (Lipinski definition) is 4. The number of alkyl halides is 3. The van der Waals surface area contributed by atoms with Crippen LogP contribution in [0, 0.1) is 0 Å². The molecule has 0 radical (unpaired) electrons. The Morgan fingerprint density at radius 3 is 2.47 bits per heavy atom. The number of nitrogens with zero attached hydrogens (tertiary/aromatic N) is 4. The van der Waals surface area contributed by atoms with E-state index in [9.17, 15) is 22.8 Å². The second-order valence-electron chi connectivity index (χ2n) is 9.85. The number of fused-ring (bicyclic) bond motifs is 3. The molecule has 2 aromatic rings. The molecule has 0 saturated carbocycles. The van der Waals surface area contributed by atoms with Crippen LogP contribution in [0.1, 0.15) is 46.4 Å². The molecule has 1 aromatic carbocycles. The molecule has 2 saturated heterocycles. The predicted octanol–water partition coefficient (Wildman–Crippen LogP) is 4.62. The maximum absolute atomic E-state index is 13.2. The minimum absolute atomic E-state index is 0.0103. The molecule has 2 fully saturated rings. The number of carbonyl (C=O) groups excluding carboxylic acids is 2. The van der Waals surface area contributed by atoms with Crippen LogP contribution in [-0.2, 0) is 30.6 Å². The minimum Gasteiger partial charge on any atom is -0.445 e. The zero-order valence-corrected chi connectivity index (χ0v) is 20.7. The van der Waals surface area contributed by atoms with Crippen LogP contribution in [0.25, 0.3) is 0 Å². The Labute approximate surface area is 212 Å². The van der Waals surface area contributed by atoms with E-state index in [2.05, 4.69) is 11.9 Å². The number of rotatable bonds is 3. The van der Waals surface area contributed by atoms with E-state index in [1.54, 1.807) is 0 Å². The van der Waals surface area contributed by atoms with E-state index in [-0.39, 0.29) is 29.6 Å². The van der Waals surface area contributed by atoms with E-state index in [4.69, 9.17) is 16.3 Å². The summed E-state index contributed by atoms with van der Waals surface area (Å²) in [4.78, 5) is 31.8. The second-order valence-corrected chi connectivity index (χ2v) is 10.3. The van der Waals surface area contributed by atoms with E-state index in [0.717, 1.165) is 43.8 Å². The van der Waals surface area contributed by atoms with E-state index in [1.165, 1.54) is 11.0 Å². The summed E-state index contributed by atoms with van der Waals surface area (Å²) in [6.07, 6.45) is -0.419. The van der Waals surface area contributed by atoms with Crippen LogP contribution >= 0.6 is 11.6 Å². The quantitative estimate of drug-likeness (QED) is 0.588. The van der Waals surface area contributed by atoms with Gasteiger partial charge in [0, 0.05) is 55.2 Å². The fourth-order valence-electron chi connectivity index (χ4n) is 5.47. The van der Waals surface area contributed by atoms with Crippen molar-refractivity contribution in [2.24, 2.45) is 0 Å². The van der Waals surface area contributed by atoms with Crippen molar-refractivity contribution in [1.82, 2.24) is 19.3 Å². The Bertz CT molecular complexity index is 1150. The van der Waals surface area contributed by atoms with Crippen molar-refractivity contribution in [2.75, 3.05) is 26.7 Å². The highest BCUT2D eigenvalue weighted by Gasteiger charge is 2.39. The van der Waals surface area contributed by atoms with E-state index >= 15 is 0 Å². The van der Waals surface area contributed by atoms with Gasteiger partial charge in [-0.1, -0.05) is 11.6 Å². The van der Waals surface area contributed by atoms with Crippen molar-refractivity contribution < 1.29 is 27.5 Å². The van der Waals surface area contributed by atoms with Gasteiger partial charge in [-0.3, -0.25) is 9.69 Å². The summed E-state index contributed by atoms with van der Waals surface area (Å²) < 4.78 is 46.5. The molecule has 4 heterocycles. The van der Waals surface area contributed by atoms with Crippen LogP contribution in [0.4, 0.5) is 18.0 Å². The van der Waals surface area contributed by atoms with Crippen LogP contribution in [0.2, 0.25) is 5.02 Å². The maximum atomic E-state index is 13.2. The zero-order valence-electron chi connectivity index (χ0n) is 19.9. The first-order chi connectivity index (χ1) is 17.1. The van der Waals surface area contributed by atoms with Gasteiger partial charge < -0.3 is 19.1 Å². The van der Waals surface area contributed by atoms with E-state index in [1.807, 2.05) is 21.7 Å². The molecule has 11 heteroatoms. The first kappa shape index (κ1) is 25.0. The van der Waals surface area contributed by atoms with Gasteiger partial charge in [0.2, 0.25) is 0 Å². The number of likely N-dealkylation sites (N-methyl/N-ethyl adjacent to an activating group) is 1. The summed E-state index contributed by atoms with van der Waals surface area (Å²) in [6.45, 7) is 2.48. The fraction of sp³-hybridized carbons (Fsp3) is 0.520. The average Bonchev–Trinajstić information content (AvgIpc) is 3.20. The summed E-state index contributed by atoms with van der Waals surface area (Å²) in [7, 11) is 2.13. The number of piperazine rings is 1.